The molecule has 0 spiro atoms. The number of carbonyl (C=O) groups is 2. The van der Waals surface area contributed by atoms with Crippen molar-refractivity contribution in [2.75, 3.05) is 51.1 Å². The van der Waals surface area contributed by atoms with Gasteiger partial charge in [0.25, 0.3) is 5.91 Å². The van der Waals surface area contributed by atoms with Crippen molar-refractivity contribution in [1.29, 1.82) is 0 Å². The Morgan fingerprint density at radius 1 is 1.04 bits per heavy atom. The minimum atomic E-state index is -4.34. The molecule has 1 atom stereocenters. The molecule has 0 radical (unpaired) electrons. The van der Waals surface area contributed by atoms with Gasteiger partial charge in [0, 0.05) is 56.5 Å². The maximum atomic E-state index is 13.9. The van der Waals surface area contributed by atoms with Crippen LogP contribution in [0.15, 0.2) is 41.3 Å². The second-order valence-corrected chi connectivity index (χ2v) is 13.1. The molecule has 0 bridgehead atoms. The monoisotopic (exact) mass is 646 g/mol. The summed E-state index contributed by atoms with van der Waals surface area (Å²) in [6.45, 7) is 4.67. The van der Waals surface area contributed by atoms with Crippen LogP contribution in [-0.4, -0.2) is 85.9 Å². The van der Waals surface area contributed by atoms with Crippen LogP contribution in [0.3, 0.4) is 0 Å². The number of benzene rings is 2. The van der Waals surface area contributed by atoms with E-state index in [2.05, 4.69) is 20.6 Å². The maximum Gasteiger partial charge on any atom is 0.434 e. The van der Waals surface area contributed by atoms with E-state index >= 15 is 0 Å². The van der Waals surface area contributed by atoms with E-state index in [0.29, 0.717) is 29.6 Å². The molecule has 2 N–H and O–H groups in total. The third-order valence-corrected chi connectivity index (χ3v) is 9.65. The molecule has 1 fully saturated rings. The van der Waals surface area contributed by atoms with Gasteiger partial charge in [-0.05, 0) is 62.7 Å². The van der Waals surface area contributed by atoms with Crippen molar-refractivity contribution >= 4 is 33.5 Å². The van der Waals surface area contributed by atoms with Gasteiger partial charge in [-0.3, -0.25) is 9.69 Å². The number of hydrogen-bond donors (Lipinski definition) is 2. The van der Waals surface area contributed by atoms with E-state index < -0.39 is 38.6 Å². The minimum Gasteiger partial charge on any atom is -0.451 e. The van der Waals surface area contributed by atoms with Gasteiger partial charge in [-0.15, -0.1) is 5.10 Å². The number of amides is 1. The molecule has 45 heavy (non-hydrogen) atoms. The molecule has 3 heterocycles. The summed E-state index contributed by atoms with van der Waals surface area (Å²) in [7, 11) is -1.58. The smallest absolute Gasteiger partial charge is 0.434 e. The summed E-state index contributed by atoms with van der Waals surface area (Å²) in [6, 6.07) is 7.45. The number of hydrogen-bond acceptors (Lipinski definition) is 9. The first kappa shape index (κ1) is 32.5. The van der Waals surface area contributed by atoms with Gasteiger partial charge in [0.05, 0.1) is 29.9 Å². The lowest BCUT2D eigenvalue weighted by Crippen LogP contribution is -2.37. The van der Waals surface area contributed by atoms with Crippen molar-refractivity contribution in [1.82, 2.24) is 19.0 Å². The van der Waals surface area contributed by atoms with Crippen molar-refractivity contribution in [3.05, 3.63) is 70.4 Å². The SMILES string of the molecule is COC[C@@H](C)Nc1cc(CN2CCCC2)ccc1C(=O)Nc1nn(C(=O)OC)c2c1CN(S(=O)(=O)c1cc(F)cc(F)c1)CC2. The highest BCUT2D eigenvalue weighted by Crippen LogP contribution is 2.31. The molecule has 0 saturated carbocycles. The Balaban J connectivity index is 1.46. The van der Waals surface area contributed by atoms with E-state index in [9.17, 15) is 26.8 Å². The van der Waals surface area contributed by atoms with Crippen LogP contribution in [0.5, 0.6) is 0 Å². The molecule has 1 saturated heterocycles. The predicted molar refractivity (Wildman–Crippen MR) is 162 cm³/mol. The molecule has 1 amide bonds. The lowest BCUT2D eigenvalue weighted by atomic mass is 10.1. The molecule has 3 aromatic rings. The van der Waals surface area contributed by atoms with Crippen LogP contribution >= 0.6 is 0 Å². The summed E-state index contributed by atoms with van der Waals surface area (Å²) in [5.74, 6) is -2.65. The number of nitrogens with one attached hydrogen (secondary N) is 2. The molecule has 5 rings (SSSR count). The zero-order valence-electron chi connectivity index (χ0n) is 25.3. The van der Waals surface area contributed by atoms with Crippen molar-refractivity contribution in [3.8, 4) is 0 Å². The molecule has 0 unspecified atom stereocenters. The van der Waals surface area contributed by atoms with Crippen LogP contribution in [0, 0.1) is 11.6 Å². The van der Waals surface area contributed by atoms with Gasteiger partial charge in [0.1, 0.15) is 11.6 Å². The molecule has 1 aromatic heterocycles. The summed E-state index contributed by atoms with van der Waals surface area (Å²) in [4.78, 5) is 28.1. The van der Waals surface area contributed by atoms with Gasteiger partial charge in [-0.25, -0.2) is 22.0 Å². The number of anilines is 2. The molecular weight excluding hydrogens is 610 g/mol. The molecule has 2 aliphatic heterocycles. The highest BCUT2D eigenvalue weighted by atomic mass is 32.2. The second kappa shape index (κ2) is 13.6. The summed E-state index contributed by atoms with van der Waals surface area (Å²) in [5, 5.41) is 10.4. The van der Waals surface area contributed by atoms with Crippen LogP contribution < -0.4 is 10.6 Å². The van der Waals surface area contributed by atoms with Gasteiger partial charge in [0.2, 0.25) is 10.0 Å². The number of aromatic nitrogens is 2. The number of likely N-dealkylation sites (tertiary alicyclic amines) is 1. The third kappa shape index (κ3) is 7.16. The summed E-state index contributed by atoms with van der Waals surface area (Å²) in [6.07, 6.45) is 1.50. The van der Waals surface area contributed by atoms with Crippen molar-refractivity contribution in [2.24, 2.45) is 0 Å². The standard InChI is InChI=1S/C30H36F2N6O6S/c1-19(18-43-2)33-26-12-20(16-36-9-4-5-10-36)6-7-24(26)29(39)34-28-25-17-37(11-8-27(25)38(35-28)30(40)44-3)45(41,42)23-14-21(31)13-22(32)15-23/h6-7,12-15,19,33H,4-5,8-11,16-18H2,1-3H3,(H,34,35,39)/t19-/m1/s1. The average Bonchev–Trinajstić information content (AvgIpc) is 3.64. The number of fused-ring (bicyclic) bond motifs is 1. The predicted octanol–water partition coefficient (Wildman–Crippen LogP) is 3.82. The van der Waals surface area contributed by atoms with Crippen LogP contribution in [0.4, 0.5) is 25.1 Å². The summed E-state index contributed by atoms with van der Waals surface area (Å²) in [5.41, 5.74) is 2.52. The molecule has 2 aliphatic rings. The molecule has 0 aliphatic carbocycles. The zero-order chi connectivity index (χ0) is 32.3. The molecule has 2 aromatic carbocycles. The van der Waals surface area contributed by atoms with Crippen LogP contribution in [0.1, 0.15) is 46.9 Å². The Bertz CT molecular complexity index is 1670. The Morgan fingerprint density at radius 2 is 1.76 bits per heavy atom. The fraction of sp³-hybridized carbons (Fsp3) is 0.433. The Labute approximate surface area is 260 Å². The van der Waals surface area contributed by atoms with E-state index in [1.54, 1.807) is 13.2 Å². The van der Waals surface area contributed by atoms with E-state index in [1.807, 2.05) is 19.1 Å². The number of halogens is 2. The molecule has 242 valence electrons. The van der Waals surface area contributed by atoms with Crippen LogP contribution in [0.2, 0.25) is 0 Å². The highest BCUT2D eigenvalue weighted by molar-refractivity contribution is 7.89. The Morgan fingerprint density at radius 3 is 2.42 bits per heavy atom. The second-order valence-electron chi connectivity index (χ2n) is 11.2. The van der Waals surface area contributed by atoms with Crippen LogP contribution in [-0.2, 0) is 39.0 Å². The number of ether oxygens (including phenoxy) is 2. The number of methoxy groups -OCH3 is 2. The first-order valence-electron chi connectivity index (χ1n) is 14.6. The summed E-state index contributed by atoms with van der Waals surface area (Å²) < 4.78 is 66.7. The van der Waals surface area contributed by atoms with E-state index in [-0.39, 0.29) is 36.9 Å². The Hall–Kier alpha value is -3.92. The van der Waals surface area contributed by atoms with Crippen molar-refractivity contribution in [2.45, 2.75) is 50.2 Å². The lowest BCUT2D eigenvalue weighted by Gasteiger charge is -2.27. The van der Waals surface area contributed by atoms with Gasteiger partial charge in [-0.1, -0.05) is 6.07 Å². The highest BCUT2D eigenvalue weighted by Gasteiger charge is 2.35. The Kier molecular flexibility index (Phi) is 9.82. The topological polar surface area (TPSA) is 135 Å². The number of sulfonamides is 1. The quantitative estimate of drug-likeness (QED) is 0.337. The first-order valence-corrected chi connectivity index (χ1v) is 16.0. The van der Waals surface area contributed by atoms with Gasteiger partial charge < -0.3 is 20.1 Å². The van der Waals surface area contributed by atoms with Crippen molar-refractivity contribution in [3.63, 3.8) is 0 Å². The number of carbonyl (C=O) groups excluding carboxylic acids is 2. The minimum absolute atomic E-state index is 0.0247. The van der Waals surface area contributed by atoms with Crippen molar-refractivity contribution < 1.29 is 36.3 Å². The lowest BCUT2D eigenvalue weighted by molar-refractivity contribution is 0.102. The van der Waals surface area contributed by atoms with E-state index in [0.717, 1.165) is 59.2 Å². The van der Waals surface area contributed by atoms with Crippen LogP contribution in [0.25, 0.3) is 0 Å². The number of nitrogens with zero attached hydrogens (tertiary/aromatic N) is 4. The van der Waals surface area contributed by atoms with Gasteiger partial charge >= 0.3 is 6.09 Å². The molecular formula is C30H36F2N6O6S. The van der Waals surface area contributed by atoms with Gasteiger partial charge in [0.15, 0.2) is 5.82 Å². The fourth-order valence-electron chi connectivity index (χ4n) is 5.70. The third-order valence-electron chi connectivity index (χ3n) is 7.83. The average molecular weight is 647 g/mol. The van der Waals surface area contributed by atoms with E-state index in [1.165, 1.54) is 7.11 Å². The molecule has 15 heteroatoms. The first-order chi connectivity index (χ1) is 21.5. The number of rotatable bonds is 10. The van der Waals surface area contributed by atoms with Gasteiger partial charge in [-0.2, -0.15) is 8.99 Å². The molecule has 12 nitrogen and oxygen atoms in total. The largest absolute Gasteiger partial charge is 0.451 e. The summed E-state index contributed by atoms with van der Waals surface area (Å²) >= 11 is 0. The zero-order valence-corrected chi connectivity index (χ0v) is 26.1. The fourth-order valence-corrected chi connectivity index (χ4v) is 7.15. The van der Waals surface area contributed by atoms with E-state index in [4.69, 9.17) is 9.47 Å². The maximum absolute atomic E-state index is 13.9. The normalized spacial score (nSPS) is 16.3.